The first-order valence-electron chi connectivity index (χ1n) is 11.0. The number of anilines is 2. The van der Waals surface area contributed by atoms with E-state index in [2.05, 4.69) is 45.4 Å². The molecule has 3 aromatic rings. The Morgan fingerprint density at radius 2 is 2.00 bits per heavy atom. The van der Waals surface area contributed by atoms with Crippen molar-refractivity contribution in [2.45, 2.75) is 39.8 Å². The van der Waals surface area contributed by atoms with Gasteiger partial charge in [-0.25, -0.2) is 14.4 Å². The van der Waals surface area contributed by atoms with Crippen molar-refractivity contribution in [3.05, 3.63) is 53.2 Å². The molecule has 1 aliphatic rings. The molecular formula is C24H27FN8O. The number of amidine groups is 1. The Morgan fingerprint density at radius 3 is 2.65 bits per heavy atom. The van der Waals surface area contributed by atoms with Gasteiger partial charge in [-0.1, -0.05) is 0 Å². The molecule has 2 atom stereocenters. The number of hydrogen-bond acceptors (Lipinski definition) is 6. The van der Waals surface area contributed by atoms with Gasteiger partial charge < -0.3 is 25.7 Å². The highest BCUT2D eigenvalue weighted by molar-refractivity contribution is 6.09. The normalized spacial score (nSPS) is 18.7. The number of fused-ring (bicyclic) bond motifs is 1. The Labute approximate surface area is 197 Å². The number of imidazole rings is 1. The molecule has 1 fully saturated rings. The molecule has 1 saturated heterocycles. The first kappa shape index (κ1) is 23.2. The number of aryl methyl sites for hydroxylation is 1. The van der Waals surface area contributed by atoms with Gasteiger partial charge in [0.1, 0.15) is 11.9 Å². The number of pyridine rings is 1. The van der Waals surface area contributed by atoms with Gasteiger partial charge in [-0.2, -0.15) is 5.26 Å². The van der Waals surface area contributed by atoms with Gasteiger partial charge in [0.15, 0.2) is 11.5 Å². The average Bonchev–Trinajstić information content (AvgIpc) is 3.12. The van der Waals surface area contributed by atoms with Gasteiger partial charge in [-0.15, -0.1) is 0 Å². The summed E-state index contributed by atoms with van der Waals surface area (Å²) in [6, 6.07) is 7.49. The van der Waals surface area contributed by atoms with Crippen LogP contribution >= 0.6 is 0 Å². The summed E-state index contributed by atoms with van der Waals surface area (Å²) in [6.07, 6.45) is 3.29. The van der Waals surface area contributed by atoms with E-state index in [1.54, 1.807) is 31.5 Å². The van der Waals surface area contributed by atoms with E-state index in [4.69, 9.17) is 5.73 Å². The fourth-order valence-electron chi connectivity index (χ4n) is 4.42. The van der Waals surface area contributed by atoms with Crippen LogP contribution in [0.25, 0.3) is 5.65 Å². The zero-order valence-electron chi connectivity index (χ0n) is 19.6. The molecule has 4 N–H and O–H groups in total. The van der Waals surface area contributed by atoms with Crippen LogP contribution in [0.1, 0.15) is 37.6 Å². The smallest absolute Gasteiger partial charge is 0.221 e. The second kappa shape index (κ2) is 9.11. The lowest BCUT2D eigenvalue weighted by Gasteiger charge is -2.38. The van der Waals surface area contributed by atoms with Crippen LogP contribution in [0, 0.1) is 24.1 Å². The van der Waals surface area contributed by atoms with Crippen LogP contribution in [0.5, 0.6) is 0 Å². The molecule has 2 unspecified atom stereocenters. The van der Waals surface area contributed by atoms with Crippen LogP contribution in [0.3, 0.4) is 0 Å². The van der Waals surface area contributed by atoms with Gasteiger partial charge in [0.25, 0.3) is 0 Å². The number of rotatable bonds is 4. The summed E-state index contributed by atoms with van der Waals surface area (Å²) >= 11 is 0. The van der Waals surface area contributed by atoms with Crippen LogP contribution < -0.4 is 21.3 Å². The Hall–Kier alpha value is -3.97. The summed E-state index contributed by atoms with van der Waals surface area (Å²) in [7, 11) is 0. The quantitative estimate of drug-likeness (QED) is 0.405. The Kier molecular flexibility index (Phi) is 6.22. The third-order valence-electron chi connectivity index (χ3n) is 5.59. The van der Waals surface area contributed by atoms with E-state index in [9.17, 15) is 14.4 Å². The van der Waals surface area contributed by atoms with Crippen molar-refractivity contribution in [1.82, 2.24) is 14.7 Å². The molecule has 0 saturated carbocycles. The summed E-state index contributed by atoms with van der Waals surface area (Å²) in [6.45, 7) is 8.85. The Morgan fingerprint density at radius 1 is 1.29 bits per heavy atom. The van der Waals surface area contributed by atoms with Gasteiger partial charge in [0.2, 0.25) is 5.91 Å². The van der Waals surface area contributed by atoms with Gasteiger partial charge in [-0.3, -0.25) is 4.79 Å². The standard InChI is InChI=1S/C24H27FN8O/c1-13-9-32(10-14(2)28-13)19-5-17(8-26)22(21(7-19)30-16(4)34)23(27)31-18-6-20(25)24-29-15(3)11-33(24)12-18/h5-7,11-14,28H,9-10H2,1-4H3,(H2,27,31)(H,30,34). The number of nitrogens with one attached hydrogen (secondary N) is 2. The van der Waals surface area contributed by atoms with E-state index in [0.29, 0.717) is 16.9 Å². The molecule has 2 aromatic heterocycles. The number of nitrogens with zero attached hydrogens (tertiary/aromatic N) is 5. The molecule has 1 amide bonds. The van der Waals surface area contributed by atoms with Crippen molar-refractivity contribution in [3.63, 3.8) is 0 Å². The molecule has 1 aromatic carbocycles. The predicted octanol–water partition coefficient (Wildman–Crippen LogP) is 2.84. The number of amides is 1. The van der Waals surface area contributed by atoms with E-state index >= 15 is 0 Å². The zero-order valence-corrected chi connectivity index (χ0v) is 19.6. The van der Waals surface area contributed by atoms with Crippen LogP contribution in [0.15, 0.2) is 35.6 Å². The molecule has 0 spiro atoms. The Bertz CT molecular complexity index is 1330. The fraction of sp³-hybridized carbons (Fsp3) is 0.333. The highest BCUT2D eigenvalue weighted by Crippen LogP contribution is 2.30. The molecule has 9 nitrogen and oxygen atoms in total. The molecule has 1 aliphatic heterocycles. The molecule has 0 radical (unpaired) electrons. The maximum absolute atomic E-state index is 14.5. The molecular weight excluding hydrogens is 435 g/mol. The van der Waals surface area contributed by atoms with Crippen molar-refractivity contribution in [2.75, 3.05) is 23.3 Å². The lowest BCUT2D eigenvalue weighted by molar-refractivity contribution is -0.114. The molecule has 34 heavy (non-hydrogen) atoms. The number of piperazine rings is 1. The third kappa shape index (κ3) is 4.70. The summed E-state index contributed by atoms with van der Waals surface area (Å²) < 4.78 is 16.1. The summed E-state index contributed by atoms with van der Waals surface area (Å²) in [5.41, 5.74) is 9.18. The summed E-state index contributed by atoms with van der Waals surface area (Å²) in [4.78, 5) is 22.7. The minimum Gasteiger partial charge on any atom is -0.383 e. The zero-order chi connectivity index (χ0) is 24.6. The predicted molar refractivity (Wildman–Crippen MR) is 130 cm³/mol. The number of halogens is 1. The largest absolute Gasteiger partial charge is 0.383 e. The number of hydrogen-bond donors (Lipinski definition) is 3. The number of carbonyl (C=O) groups excluding carboxylic acids is 1. The van der Waals surface area contributed by atoms with Crippen LogP contribution in [0.2, 0.25) is 0 Å². The topological polar surface area (TPSA) is 124 Å². The van der Waals surface area contributed by atoms with E-state index in [-0.39, 0.29) is 40.7 Å². The molecule has 0 aliphatic carbocycles. The summed E-state index contributed by atoms with van der Waals surface area (Å²) in [5, 5.41) is 16.2. The van der Waals surface area contributed by atoms with Gasteiger partial charge in [0.05, 0.1) is 28.2 Å². The van der Waals surface area contributed by atoms with Crippen molar-refractivity contribution in [2.24, 2.45) is 10.7 Å². The van der Waals surface area contributed by atoms with Crippen molar-refractivity contribution >= 4 is 34.5 Å². The highest BCUT2D eigenvalue weighted by Gasteiger charge is 2.24. The van der Waals surface area contributed by atoms with Crippen molar-refractivity contribution in [3.8, 4) is 6.07 Å². The molecule has 176 valence electrons. The second-order valence-electron chi connectivity index (χ2n) is 8.74. The van der Waals surface area contributed by atoms with Gasteiger partial charge in [-0.05, 0) is 32.9 Å². The SMILES string of the molecule is CC(=O)Nc1cc(N2CC(C)NC(C)C2)cc(C#N)c1C(N)=Nc1cc(F)c2nc(C)cn2c1. The second-order valence-corrected chi connectivity index (χ2v) is 8.74. The molecule has 0 bridgehead atoms. The maximum Gasteiger partial charge on any atom is 0.221 e. The first-order chi connectivity index (χ1) is 16.1. The fourth-order valence-corrected chi connectivity index (χ4v) is 4.42. The van der Waals surface area contributed by atoms with E-state index in [1.165, 1.54) is 17.4 Å². The van der Waals surface area contributed by atoms with E-state index in [1.807, 2.05) is 0 Å². The lowest BCUT2D eigenvalue weighted by Crippen LogP contribution is -2.54. The number of nitriles is 1. The lowest BCUT2D eigenvalue weighted by atomic mass is 10.0. The first-order valence-corrected chi connectivity index (χ1v) is 11.0. The minimum atomic E-state index is -0.540. The van der Waals surface area contributed by atoms with Crippen LogP contribution in [0.4, 0.5) is 21.5 Å². The van der Waals surface area contributed by atoms with Gasteiger partial charge >= 0.3 is 0 Å². The number of nitrogens with two attached hydrogens (primary N) is 1. The highest BCUT2D eigenvalue weighted by atomic mass is 19.1. The van der Waals surface area contributed by atoms with E-state index < -0.39 is 5.82 Å². The third-order valence-corrected chi connectivity index (χ3v) is 5.59. The number of benzene rings is 1. The number of carbonyl (C=O) groups is 1. The van der Waals surface area contributed by atoms with Crippen LogP contribution in [-0.2, 0) is 4.79 Å². The molecule has 3 heterocycles. The van der Waals surface area contributed by atoms with Crippen LogP contribution in [-0.4, -0.2) is 46.3 Å². The molecule has 4 rings (SSSR count). The van der Waals surface area contributed by atoms with Crippen molar-refractivity contribution < 1.29 is 9.18 Å². The van der Waals surface area contributed by atoms with Crippen molar-refractivity contribution in [1.29, 1.82) is 5.26 Å². The maximum atomic E-state index is 14.5. The Balaban J connectivity index is 1.81. The molecule has 10 heteroatoms. The van der Waals surface area contributed by atoms with Gasteiger partial charge in [0, 0.05) is 56.2 Å². The minimum absolute atomic E-state index is 0.00974. The monoisotopic (exact) mass is 462 g/mol. The summed E-state index contributed by atoms with van der Waals surface area (Å²) in [5.74, 6) is -0.856. The number of aliphatic imine (C=N–C) groups is 1. The average molecular weight is 463 g/mol. The van der Waals surface area contributed by atoms with E-state index in [0.717, 1.165) is 18.8 Å². The number of aromatic nitrogens is 2.